The van der Waals surface area contributed by atoms with E-state index in [9.17, 15) is 39.0 Å². The molecule has 4 rings (SSSR count). The molecule has 0 saturated heterocycles. The first-order chi connectivity index (χ1) is 19.3. The molecule has 6 atom stereocenters. The summed E-state index contributed by atoms with van der Waals surface area (Å²) in [4.78, 5) is 82.7. The smallest absolute Gasteiger partial charge is 0.238 e. The summed E-state index contributed by atoms with van der Waals surface area (Å²) in [7, 11) is 6.52. The van der Waals surface area contributed by atoms with Crippen molar-refractivity contribution < 1.29 is 39.0 Å². The van der Waals surface area contributed by atoms with E-state index < -0.39 is 76.0 Å². The van der Waals surface area contributed by atoms with Gasteiger partial charge in [0.05, 0.1) is 29.8 Å². The standard InChI is InChI=1S/C29H39N5O8/c1-28(2,3)31-11-17(35)32-15-10-16(33(4)5)13-8-12-9-14-21(34(6)7)24(38)20(27(30)41)26(40)29(14,42)25(39)18(12)23(37)19(13)22(15)36/h10,12,14,18,20-21,31,36,42H,8-9,11H2,1-7H3,(H2,30,41)(H,32,35)/t12-,14?,18?,20?,21?,29?/m0/s1. The van der Waals surface area contributed by atoms with Gasteiger partial charge in [0.25, 0.3) is 0 Å². The van der Waals surface area contributed by atoms with E-state index in [1.807, 2.05) is 20.8 Å². The van der Waals surface area contributed by atoms with E-state index in [0.717, 1.165) is 0 Å². The number of nitrogens with zero attached hydrogens (tertiary/aromatic N) is 2. The fourth-order valence-corrected chi connectivity index (χ4v) is 6.69. The first-order valence-corrected chi connectivity index (χ1v) is 13.8. The predicted molar refractivity (Wildman–Crippen MR) is 152 cm³/mol. The van der Waals surface area contributed by atoms with Gasteiger partial charge in [-0.2, -0.15) is 0 Å². The highest BCUT2D eigenvalue weighted by molar-refractivity contribution is 6.32. The molecule has 0 heterocycles. The molecule has 2 fully saturated rings. The van der Waals surface area contributed by atoms with Gasteiger partial charge in [0, 0.05) is 31.2 Å². The second-order valence-corrected chi connectivity index (χ2v) is 13.0. The van der Waals surface area contributed by atoms with Gasteiger partial charge in [-0.25, -0.2) is 0 Å². The summed E-state index contributed by atoms with van der Waals surface area (Å²) in [6, 6.07) is 0.374. The van der Waals surface area contributed by atoms with E-state index >= 15 is 0 Å². The van der Waals surface area contributed by atoms with Gasteiger partial charge in [-0.05, 0) is 65.3 Å². The Kier molecular flexibility index (Phi) is 7.85. The van der Waals surface area contributed by atoms with Crippen LogP contribution in [0.25, 0.3) is 0 Å². The monoisotopic (exact) mass is 585 g/mol. The molecular formula is C29H39N5O8. The maximum atomic E-state index is 14.1. The summed E-state index contributed by atoms with van der Waals surface area (Å²) in [6.45, 7) is 5.58. The van der Waals surface area contributed by atoms with Crippen LogP contribution >= 0.6 is 0 Å². The molecule has 1 aromatic carbocycles. The number of benzene rings is 1. The Labute approximate surface area is 243 Å². The number of rotatable bonds is 6. The number of carbonyl (C=O) groups excluding carboxylic acids is 6. The molecule has 42 heavy (non-hydrogen) atoms. The fraction of sp³-hybridized carbons (Fsp3) is 0.586. The minimum Gasteiger partial charge on any atom is -0.505 e. The molecule has 13 heteroatoms. The van der Waals surface area contributed by atoms with Crippen molar-refractivity contribution in [3.63, 3.8) is 0 Å². The Bertz CT molecular complexity index is 1400. The largest absolute Gasteiger partial charge is 0.505 e. The zero-order valence-electron chi connectivity index (χ0n) is 24.9. The molecule has 13 nitrogen and oxygen atoms in total. The molecule has 5 unspecified atom stereocenters. The van der Waals surface area contributed by atoms with Crippen molar-refractivity contribution in [2.24, 2.45) is 29.4 Å². The fourth-order valence-electron chi connectivity index (χ4n) is 6.69. The molecule has 3 aliphatic rings. The summed E-state index contributed by atoms with van der Waals surface area (Å²) in [5.74, 6) is -11.8. The Morgan fingerprint density at radius 1 is 1.10 bits per heavy atom. The molecular weight excluding hydrogens is 546 g/mol. The average molecular weight is 586 g/mol. The van der Waals surface area contributed by atoms with Crippen LogP contribution in [-0.4, -0.2) is 102 Å². The number of fused-ring (bicyclic) bond motifs is 3. The van der Waals surface area contributed by atoms with E-state index in [4.69, 9.17) is 5.73 Å². The van der Waals surface area contributed by atoms with Crippen LogP contribution in [0.3, 0.4) is 0 Å². The summed E-state index contributed by atoms with van der Waals surface area (Å²) >= 11 is 0. The number of aromatic hydroxyl groups is 1. The van der Waals surface area contributed by atoms with E-state index in [2.05, 4.69) is 10.6 Å². The number of hydrogen-bond acceptors (Lipinski definition) is 11. The van der Waals surface area contributed by atoms with Gasteiger partial charge in [0.2, 0.25) is 11.8 Å². The lowest BCUT2D eigenvalue weighted by molar-refractivity contribution is -0.181. The predicted octanol–water partition coefficient (Wildman–Crippen LogP) is -0.740. The normalized spacial score (nSPS) is 29.1. The van der Waals surface area contributed by atoms with Crippen LogP contribution in [0.15, 0.2) is 6.07 Å². The molecule has 6 N–H and O–H groups in total. The van der Waals surface area contributed by atoms with Gasteiger partial charge in [0.15, 0.2) is 34.7 Å². The van der Waals surface area contributed by atoms with E-state index in [1.54, 1.807) is 25.1 Å². The number of nitrogens with two attached hydrogens (primary N) is 1. The van der Waals surface area contributed by atoms with Gasteiger partial charge in [-0.15, -0.1) is 0 Å². The van der Waals surface area contributed by atoms with Crippen LogP contribution in [0, 0.1) is 23.7 Å². The van der Waals surface area contributed by atoms with Gasteiger partial charge < -0.3 is 31.5 Å². The van der Waals surface area contributed by atoms with Crippen LogP contribution in [-0.2, 0) is 30.4 Å². The number of anilines is 2. The molecule has 2 amide bonds. The molecule has 0 spiro atoms. The van der Waals surface area contributed by atoms with Crippen LogP contribution in [0.1, 0.15) is 43.1 Å². The highest BCUT2D eigenvalue weighted by Crippen LogP contribution is 2.52. The lowest BCUT2D eigenvalue weighted by atomic mass is 9.52. The highest BCUT2D eigenvalue weighted by Gasteiger charge is 2.69. The quantitative estimate of drug-likeness (QED) is 0.208. The van der Waals surface area contributed by atoms with E-state index in [1.165, 1.54) is 19.0 Å². The van der Waals surface area contributed by atoms with Crippen molar-refractivity contribution >= 4 is 46.3 Å². The maximum absolute atomic E-state index is 14.1. The van der Waals surface area contributed by atoms with Gasteiger partial charge in [-0.3, -0.25) is 33.7 Å². The van der Waals surface area contributed by atoms with Gasteiger partial charge in [0.1, 0.15) is 5.75 Å². The topological polar surface area (TPSA) is 199 Å². The number of Topliss-reactive ketones (excluding diaryl/α,β-unsaturated/α-hetero) is 4. The second kappa shape index (κ2) is 10.5. The Morgan fingerprint density at radius 2 is 1.71 bits per heavy atom. The number of likely N-dealkylation sites (N-methyl/N-ethyl adjacent to an activating group) is 1. The second-order valence-electron chi connectivity index (χ2n) is 13.0. The van der Waals surface area contributed by atoms with Crippen LogP contribution in [0.4, 0.5) is 11.4 Å². The molecule has 0 aliphatic heterocycles. The van der Waals surface area contributed by atoms with Crippen LogP contribution in [0.2, 0.25) is 0 Å². The third-order valence-corrected chi connectivity index (χ3v) is 8.57. The van der Waals surface area contributed by atoms with E-state index in [-0.39, 0.29) is 36.2 Å². The number of hydrogen-bond donors (Lipinski definition) is 5. The van der Waals surface area contributed by atoms with E-state index in [0.29, 0.717) is 11.3 Å². The summed E-state index contributed by atoms with van der Waals surface area (Å²) in [5.41, 5.74) is 2.95. The third-order valence-electron chi connectivity index (χ3n) is 8.57. The van der Waals surface area contributed by atoms with Gasteiger partial charge in [-0.1, -0.05) is 0 Å². The number of phenolic OH excluding ortho intramolecular Hbond substituents is 1. The Balaban J connectivity index is 1.81. The minimum absolute atomic E-state index is 0.0365. The highest BCUT2D eigenvalue weighted by atomic mass is 16.3. The van der Waals surface area contributed by atoms with Crippen molar-refractivity contribution in [3.8, 4) is 5.75 Å². The number of aliphatic hydroxyl groups is 1. The lowest BCUT2D eigenvalue weighted by Gasteiger charge is -2.52. The number of ketones is 4. The van der Waals surface area contributed by atoms with Gasteiger partial charge >= 0.3 is 0 Å². The molecule has 228 valence electrons. The first-order valence-electron chi connectivity index (χ1n) is 13.8. The summed E-state index contributed by atoms with van der Waals surface area (Å²) in [6.07, 6.45) is 0.0706. The van der Waals surface area contributed by atoms with Crippen LogP contribution < -0.4 is 21.3 Å². The molecule has 0 bridgehead atoms. The lowest BCUT2D eigenvalue weighted by Crippen LogP contribution is -2.74. The zero-order valence-corrected chi connectivity index (χ0v) is 24.9. The van der Waals surface area contributed by atoms with Crippen molar-refractivity contribution in [2.75, 3.05) is 45.0 Å². The summed E-state index contributed by atoms with van der Waals surface area (Å²) in [5, 5.41) is 28.6. The Hall–Kier alpha value is -3.68. The van der Waals surface area contributed by atoms with Crippen molar-refractivity contribution in [1.29, 1.82) is 0 Å². The zero-order chi connectivity index (χ0) is 31.6. The third kappa shape index (κ3) is 4.88. The molecule has 2 saturated carbocycles. The summed E-state index contributed by atoms with van der Waals surface area (Å²) < 4.78 is 0. The SMILES string of the molecule is CN(C)c1cc(NC(=O)CNC(C)(C)C)c(O)c2c1C[C@H]1CC3C(N(C)C)C(=O)C(C(N)=O)C(=O)C3(O)C(=O)C1C2=O. The Morgan fingerprint density at radius 3 is 2.24 bits per heavy atom. The first kappa shape index (κ1) is 31.3. The maximum Gasteiger partial charge on any atom is 0.238 e. The number of nitrogens with one attached hydrogen (secondary N) is 2. The molecule has 0 aromatic heterocycles. The van der Waals surface area contributed by atoms with Crippen molar-refractivity contribution in [3.05, 3.63) is 17.2 Å². The van der Waals surface area contributed by atoms with Crippen molar-refractivity contribution in [1.82, 2.24) is 10.2 Å². The molecule has 0 radical (unpaired) electrons. The number of carbonyl (C=O) groups is 6. The molecule has 1 aromatic rings. The minimum atomic E-state index is -2.80. The number of amides is 2. The van der Waals surface area contributed by atoms with Crippen molar-refractivity contribution in [2.45, 2.75) is 50.8 Å². The molecule has 3 aliphatic carbocycles. The van der Waals surface area contributed by atoms with Crippen LogP contribution in [0.5, 0.6) is 5.75 Å². The number of phenols is 1. The average Bonchev–Trinajstić information content (AvgIpc) is 2.85. The number of primary amides is 1.